The van der Waals surface area contributed by atoms with Crippen LogP contribution < -0.4 is 0 Å². The Morgan fingerprint density at radius 1 is 0.909 bits per heavy atom. The topological polar surface area (TPSA) is 58.4 Å². The van der Waals surface area contributed by atoms with Gasteiger partial charge in [-0.2, -0.15) is 5.10 Å². The summed E-state index contributed by atoms with van der Waals surface area (Å²) in [6, 6.07) is 15.1. The van der Waals surface area contributed by atoms with Gasteiger partial charge in [-0.25, -0.2) is 4.68 Å². The molecule has 0 aliphatic carbocycles. The zero-order chi connectivity index (χ0) is 23.5. The first-order valence-corrected chi connectivity index (χ1v) is 11.7. The average molecular weight is 485 g/mol. The maximum absolute atomic E-state index is 13.4. The molecule has 1 saturated heterocycles. The first kappa shape index (κ1) is 23.3. The number of halogens is 2. The number of amides is 2. The molecular formula is C25H26Cl2N4O2. The van der Waals surface area contributed by atoms with E-state index in [1.165, 1.54) is 0 Å². The van der Waals surface area contributed by atoms with Crippen LogP contribution in [-0.4, -0.2) is 57.6 Å². The monoisotopic (exact) mass is 484 g/mol. The number of carbonyl (C=O) groups excluding carboxylic acids is 2. The van der Waals surface area contributed by atoms with Crippen LogP contribution in [0.2, 0.25) is 10.2 Å². The molecule has 0 atom stereocenters. The third kappa shape index (κ3) is 5.07. The van der Waals surface area contributed by atoms with Crippen LogP contribution in [0, 0.1) is 13.8 Å². The van der Waals surface area contributed by atoms with Crippen molar-refractivity contribution >= 4 is 35.0 Å². The summed E-state index contributed by atoms with van der Waals surface area (Å²) in [4.78, 5) is 29.9. The number of hydrogen-bond acceptors (Lipinski definition) is 3. The lowest BCUT2D eigenvalue weighted by Crippen LogP contribution is -2.37. The lowest BCUT2D eigenvalue weighted by Gasteiger charge is -2.22. The minimum atomic E-state index is -0.159. The van der Waals surface area contributed by atoms with E-state index in [1.807, 2.05) is 60.4 Å². The molecule has 8 heteroatoms. The van der Waals surface area contributed by atoms with Crippen molar-refractivity contribution in [1.82, 2.24) is 19.6 Å². The van der Waals surface area contributed by atoms with Gasteiger partial charge in [0, 0.05) is 36.8 Å². The van der Waals surface area contributed by atoms with Gasteiger partial charge in [-0.15, -0.1) is 0 Å². The minimum absolute atomic E-state index is 0.00484. The van der Waals surface area contributed by atoms with Crippen molar-refractivity contribution in [3.63, 3.8) is 0 Å². The molecule has 1 aliphatic heterocycles. The van der Waals surface area contributed by atoms with Gasteiger partial charge in [0.25, 0.3) is 11.8 Å². The molecule has 0 spiro atoms. The second-order valence-corrected chi connectivity index (χ2v) is 9.07. The van der Waals surface area contributed by atoms with Crippen molar-refractivity contribution < 1.29 is 9.59 Å². The lowest BCUT2D eigenvalue weighted by molar-refractivity contribution is 0.0718. The van der Waals surface area contributed by atoms with Crippen molar-refractivity contribution in [2.45, 2.75) is 26.8 Å². The highest BCUT2D eigenvalue weighted by atomic mass is 35.5. The molecule has 0 N–H and O–H groups in total. The molecule has 2 aromatic carbocycles. The lowest BCUT2D eigenvalue weighted by atomic mass is 10.1. The Labute approximate surface area is 203 Å². The molecule has 0 radical (unpaired) electrons. The van der Waals surface area contributed by atoms with Crippen LogP contribution in [0.3, 0.4) is 0 Å². The molecule has 33 heavy (non-hydrogen) atoms. The summed E-state index contributed by atoms with van der Waals surface area (Å²) in [7, 11) is 0. The van der Waals surface area contributed by atoms with Gasteiger partial charge < -0.3 is 9.80 Å². The van der Waals surface area contributed by atoms with E-state index in [4.69, 9.17) is 23.2 Å². The Balaban J connectivity index is 1.48. The van der Waals surface area contributed by atoms with Crippen molar-refractivity contribution in [3.8, 4) is 0 Å². The summed E-state index contributed by atoms with van der Waals surface area (Å²) >= 11 is 12.9. The second kappa shape index (κ2) is 9.98. The number of aryl methyl sites for hydroxylation is 2. The van der Waals surface area contributed by atoms with Crippen molar-refractivity contribution in [3.05, 3.63) is 86.7 Å². The van der Waals surface area contributed by atoms with E-state index in [-0.39, 0.29) is 11.8 Å². The van der Waals surface area contributed by atoms with Crippen LogP contribution in [0.4, 0.5) is 0 Å². The average Bonchev–Trinajstić information content (AvgIpc) is 2.96. The number of carbonyl (C=O) groups is 2. The predicted octanol–water partition coefficient (Wildman–Crippen LogP) is 4.84. The van der Waals surface area contributed by atoms with Crippen LogP contribution in [0.5, 0.6) is 0 Å². The molecule has 0 bridgehead atoms. The third-order valence-electron chi connectivity index (χ3n) is 5.89. The first-order valence-electron chi connectivity index (χ1n) is 11.0. The summed E-state index contributed by atoms with van der Waals surface area (Å²) in [5, 5.41) is 5.42. The Morgan fingerprint density at radius 3 is 2.30 bits per heavy atom. The highest BCUT2D eigenvalue weighted by Gasteiger charge is 2.28. The quantitative estimate of drug-likeness (QED) is 0.531. The molecule has 1 aliphatic rings. The molecule has 1 fully saturated rings. The third-order valence-corrected chi connectivity index (χ3v) is 6.65. The molecule has 2 heterocycles. The standard InChI is InChI=1S/C25H26Cl2N4O2/c1-17-7-5-9-19(15-17)24(32)29-11-6-12-30(14-13-29)25(33)22-18(2)28-31(23(22)27)16-20-8-3-4-10-21(20)26/h3-5,7-10,15H,6,11-14,16H2,1-2H3. The molecule has 2 amide bonds. The summed E-state index contributed by atoms with van der Waals surface area (Å²) in [5.41, 5.74) is 3.58. The molecule has 172 valence electrons. The van der Waals surface area contributed by atoms with E-state index in [2.05, 4.69) is 5.10 Å². The zero-order valence-corrected chi connectivity index (χ0v) is 20.2. The molecule has 4 rings (SSSR count). The van der Waals surface area contributed by atoms with E-state index >= 15 is 0 Å². The number of aromatic nitrogens is 2. The maximum atomic E-state index is 13.4. The van der Waals surface area contributed by atoms with Gasteiger partial charge in [-0.3, -0.25) is 9.59 Å². The molecule has 6 nitrogen and oxygen atoms in total. The van der Waals surface area contributed by atoms with Gasteiger partial charge in [0.15, 0.2) is 0 Å². The Hall–Kier alpha value is -2.83. The second-order valence-electron chi connectivity index (χ2n) is 8.31. The van der Waals surface area contributed by atoms with E-state index in [0.717, 1.165) is 11.1 Å². The smallest absolute Gasteiger partial charge is 0.258 e. The van der Waals surface area contributed by atoms with Gasteiger partial charge in [-0.1, -0.05) is 59.1 Å². The van der Waals surface area contributed by atoms with Gasteiger partial charge in [0.1, 0.15) is 5.15 Å². The number of rotatable bonds is 4. The van der Waals surface area contributed by atoms with E-state index in [1.54, 1.807) is 16.5 Å². The van der Waals surface area contributed by atoms with Crippen LogP contribution in [-0.2, 0) is 6.54 Å². The summed E-state index contributed by atoms with van der Waals surface area (Å²) in [6.07, 6.45) is 0.702. The van der Waals surface area contributed by atoms with Crippen molar-refractivity contribution in [2.24, 2.45) is 0 Å². The summed E-state index contributed by atoms with van der Waals surface area (Å²) in [5.74, 6) is -0.164. The van der Waals surface area contributed by atoms with Gasteiger partial charge >= 0.3 is 0 Å². The minimum Gasteiger partial charge on any atom is -0.337 e. The Morgan fingerprint density at radius 2 is 1.61 bits per heavy atom. The summed E-state index contributed by atoms with van der Waals surface area (Å²) < 4.78 is 1.61. The molecular weight excluding hydrogens is 459 g/mol. The fraction of sp³-hybridized carbons (Fsp3) is 0.320. The number of nitrogens with zero attached hydrogens (tertiary/aromatic N) is 4. The van der Waals surface area contributed by atoms with Crippen LogP contribution in [0.15, 0.2) is 48.5 Å². The molecule has 0 unspecified atom stereocenters. The predicted molar refractivity (Wildman–Crippen MR) is 130 cm³/mol. The fourth-order valence-electron chi connectivity index (χ4n) is 4.13. The largest absolute Gasteiger partial charge is 0.337 e. The van der Waals surface area contributed by atoms with Crippen molar-refractivity contribution in [1.29, 1.82) is 0 Å². The SMILES string of the molecule is Cc1cccc(C(=O)N2CCCN(C(=O)c3c(C)nn(Cc4ccccc4Cl)c3Cl)CC2)c1. The van der Waals surface area contributed by atoms with E-state index < -0.39 is 0 Å². The summed E-state index contributed by atoms with van der Waals surface area (Å²) in [6.45, 7) is 6.22. The maximum Gasteiger partial charge on any atom is 0.258 e. The fourth-order valence-corrected chi connectivity index (χ4v) is 4.64. The highest BCUT2D eigenvalue weighted by molar-refractivity contribution is 6.33. The Kier molecular flexibility index (Phi) is 7.05. The number of benzene rings is 2. The first-order chi connectivity index (χ1) is 15.8. The van der Waals surface area contributed by atoms with Crippen molar-refractivity contribution in [2.75, 3.05) is 26.2 Å². The Bertz CT molecular complexity index is 1190. The van der Waals surface area contributed by atoms with E-state index in [9.17, 15) is 9.59 Å². The van der Waals surface area contributed by atoms with E-state index in [0.29, 0.717) is 66.1 Å². The van der Waals surface area contributed by atoms with Crippen LogP contribution in [0.25, 0.3) is 0 Å². The number of hydrogen-bond donors (Lipinski definition) is 0. The van der Waals surface area contributed by atoms with Gasteiger partial charge in [0.2, 0.25) is 0 Å². The zero-order valence-electron chi connectivity index (χ0n) is 18.7. The van der Waals surface area contributed by atoms with Crippen LogP contribution in [0.1, 0.15) is 44.0 Å². The van der Waals surface area contributed by atoms with Gasteiger partial charge in [-0.05, 0) is 44.0 Å². The highest BCUT2D eigenvalue weighted by Crippen LogP contribution is 2.25. The normalized spacial score (nSPS) is 14.3. The van der Waals surface area contributed by atoms with Gasteiger partial charge in [0.05, 0.1) is 17.8 Å². The van der Waals surface area contributed by atoms with Crippen LogP contribution >= 0.6 is 23.2 Å². The molecule has 0 saturated carbocycles. The molecule has 1 aromatic heterocycles. The molecule has 3 aromatic rings.